The summed E-state index contributed by atoms with van der Waals surface area (Å²) in [5.41, 5.74) is 1.72. The molecule has 2 aromatic rings. The van der Waals surface area contributed by atoms with Gasteiger partial charge in [-0.2, -0.15) is 0 Å². The van der Waals surface area contributed by atoms with E-state index in [2.05, 4.69) is 31.3 Å². The maximum absolute atomic E-state index is 13.7. The molecule has 2 rings (SSSR count). The van der Waals surface area contributed by atoms with E-state index in [1.54, 1.807) is 12.1 Å². The summed E-state index contributed by atoms with van der Waals surface area (Å²) in [7, 11) is 0. The Bertz CT molecular complexity index is 554. The predicted octanol–water partition coefficient (Wildman–Crippen LogP) is 5.33. The molecule has 0 bridgehead atoms. The first-order chi connectivity index (χ1) is 9.58. The van der Waals surface area contributed by atoms with Crippen LogP contribution < -0.4 is 5.32 Å². The summed E-state index contributed by atoms with van der Waals surface area (Å²) in [5, 5.41) is 3.71. The van der Waals surface area contributed by atoms with Crippen molar-refractivity contribution in [2.45, 2.75) is 19.8 Å². The lowest BCUT2D eigenvalue weighted by Crippen LogP contribution is -2.18. The quantitative estimate of drug-likeness (QED) is 0.785. The molecule has 1 atom stereocenters. The average Bonchev–Trinajstić information content (AvgIpc) is 2.43. The summed E-state index contributed by atoms with van der Waals surface area (Å²) >= 11 is 5.91. The molecule has 106 valence electrons. The summed E-state index contributed by atoms with van der Waals surface area (Å²) in [5.74, 6) is 0.520. The number of rotatable bonds is 5. The van der Waals surface area contributed by atoms with Crippen LogP contribution in [0.5, 0.6) is 0 Å². The first kappa shape index (κ1) is 14.9. The van der Waals surface area contributed by atoms with Gasteiger partial charge in [-0.05, 0) is 29.7 Å². The predicted molar refractivity (Wildman–Crippen MR) is 83.9 cm³/mol. The van der Waals surface area contributed by atoms with Gasteiger partial charge in [0, 0.05) is 17.5 Å². The molecule has 2 aromatic carbocycles. The van der Waals surface area contributed by atoms with Crippen LogP contribution in [0.1, 0.15) is 25.3 Å². The number of hydrogen-bond acceptors (Lipinski definition) is 1. The Labute approximate surface area is 124 Å². The molecule has 1 nitrogen and oxygen atoms in total. The van der Waals surface area contributed by atoms with E-state index in [4.69, 9.17) is 11.6 Å². The molecule has 0 aromatic heterocycles. The Morgan fingerprint density at radius 2 is 1.80 bits per heavy atom. The van der Waals surface area contributed by atoms with Gasteiger partial charge >= 0.3 is 0 Å². The number of halogens is 2. The van der Waals surface area contributed by atoms with Crippen LogP contribution in [0.15, 0.2) is 48.5 Å². The second kappa shape index (κ2) is 6.76. The van der Waals surface area contributed by atoms with Crippen molar-refractivity contribution in [2.24, 2.45) is 5.92 Å². The Hall–Kier alpha value is -1.54. The van der Waals surface area contributed by atoms with Crippen LogP contribution in [-0.4, -0.2) is 6.54 Å². The molecule has 3 heteroatoms. The SMILES string of the molecule is CC(C)C(CNc1cc(Cl)ccc1F)c1ccccc1. The van der Waals surface area contributed by atoms with E-state index in [-0.39, 0.29) is 5.82 Å². The van der Waals surface area contributed by atoms with Crippen LogP contribution in [0.3, 0.4) is 0 Å². The lowest BCUT2D eigenvalue weighted by atomic mass is 9.88. The van der Waals surface area contributed by atoms with Crippen molar-refractivity contribution in [3.63, 3.8) is 0 Å². The maximum Gasteiger partial charge on any atom is 0.146 e. The van der Waals surface area contributed by atoms with E-state index < -0.39 is 0 Å². The normalized spacial score (nSPS) is 12.4. The summed E-state index contributed by atoms with van der Waals surface area (Å²) in [6.45, 7) is 5.03. The smallest absolute Gasteiger partial charge is 0.146 e. The molecule has 20 heavy (non-hydrogen) atoms. The minimum atomic E-state index is -0.273. The van der Waals surface area contributed by atoms with Gasteiger partial charge in [0.15, 0.2) is 0 Å². The van der Waals surface area contributed by atoms with Crippen LogP contribution in [0, 0.1) is 11.7 Å². The van der Waals surface area contributed by atoms with Crippen LogP contribution in [-0.2, 0) is 0 Å². The molecule has 1 unspecified atom stereocenters. The highest BCUT2D eigenvalue weighted by molar-refractivity contribution is 6.30. The summed E-state index contributed by atoms with van der Waals surface area (Å²) in [6, 6.07) is 14.9. The molecule has 0 aliphatic rings. The zero-order chi connectivity index (χ0) is 14.5. The Kier molecular flexibility index (Phi) is 5.02. The van der Waals surface area contributed by atoms with E-state index >= 15 is 0 Å². The van der Waals surface area contributed by atoms with Gasteiger partial charge in [-0.15, -0.1) is 0 Å². The number of anilines is 1. The van der Waals surface area contributed by atoms with E-state index in [0.717, 1.165) is 0 Å². The number of hydrogen-bond donors (Lipinski definition) is 1. The van der Waals surface area contributed by atoms with Gasteiger partial charge in [-0.25, -0.2) is 4.39 Å². The van der Waals surface area contributed by atoms with E-state index in [0.29, 0.717) is 29.1 Å². The molecule has 1 N–H and O–H groups in total. The van der Waals surface area contributed by atoms with Crippen molar-refractivity contribution >= 4 is 17.3 Å². The molecule has 0 fully saturated rings. The molecule has 0 spiro atoms. The van der Waals surface area contributed by atoms with Gasteiger partial charge in [0.25, 0.3) is 0 Å². The van der Waals surface area contributed by atoms with Crippen molar-refractivity contribution in [3.8, 4) is 0 Å². The van der Waals surface area contributed by atoms with Gasteiger partial charge in [0.1, 0.15) is 5.82 Å². The van der Waals surface area contributed by atoms with Gasteiger partial charge in [-0.1, -0.05) is 55.8 Å². The van der Waals surface area contributed by atoms with Crippen LogP contribution >= 0.6 is 11.6 Å². The highest BCUT2D eigenvalue weighted by Gasteiger charge is 2.16. The first-order valence-corrected chi connectivity index (χ1v) is 7.19. The van der Waals surface area contributed by atoms with Crippen LogP contribution in [0.4, 0.5) is 10.1 Å². The second-order valence-corrected chi connectivity index (χ2v) is 5.70. The fourth-order valence-corrected chi connectivity index (χ4v) is 2.46. The van der Waals surface area contributed by atoms with E-state index in [9.17, 15) is 4.39 Å². The average molecular weight is 292 g/mol. The third kappa shape index (κ3) is 3.73. The molecule has 0 amide bonds. The minimum Gasteiger partial charge on any atom is -0.382 e. The van der Waals surface area contributed by atoms with Gasteiger partial charge in [-0.3, -0.25) is 0 Å². The molecular formula is C17H19ClFN. The van der Waals surface area contributed by atoms with E-state index in [1.165, 1.54) is 11.6 Å². The summed E-state index contributed by atoms with van der Waals surface area (Å²) in [4.78, 5) is 0. The molecule has 0 aliphatic carbocycles. The summed E-state index contributed by atoms with van der Waals surface area (Å²) < 4.78 is 13.7. The molecule has 0 radical (unpaired) electrons. The maximum atomic E-state index is 13.7. The first-order valence-electron chi connectivity index (χ1n) is 6.82. The van der Waals surface area contributed by atoms with Crippen molar-refractivity contribution in [1.29, 1.82) is 0 Å². The lowest BCUT2D eigenvalue weighted by Gasteiger charge is -2.22. The second-order valence-electron chi connectivity index (χ2n) is 5.27. The third-order valence-corrected chi connectivity index (χ3v) is 3.71. The van der Waals surface area contributed by atoms with Crippen molar-refractivity contribution in [1.82, 2.24) is 0 Å². The van der Waals surface area contributed by atoms with Crippen LogP contribution in [0.25, 0.3) is 0 Å². The highest BCUT2D eigenvalue weighted by Crippen LogP contribution is 2.26. The molecule has 0 aliphatic heterocycles. The Balaban J connectivity index is 2.12. The summed E-state index contributed by atoms with van der Waals surface area (Å²) in [6.07, 6.45) is 0. The number of nitrogens with one attached hydrogen (secondary N) is 1. The largest absolute Gasteiger partial charge is 0.382 e. The minimum absolute atomic E-state index is 0.273. The zero-order valence-corrected chi connectivity index (χ0v) is 12.5. The van der Waals surface area contributed by atoms with Gasteiger partial charge < -0.3 is 5.32 Å². The topological polar surface area (TPSA) is 12.0 Å². The fraction of sp³-hybridized carbons (Fsp3) is 0.294. The van der Waals surface area contributed by atoms with Crippen LogP contribution in [0.2, 0.25) is 5.02 Å². The molecule has 0 saturated heterocycles. The molecular weight excluding hydrogens is 273 g/mol. The lowest BCUT2D eigenvalue weighted by molar-refractivity contribution is 0.515. The van der Waals surface area contributed by atoms with E-state index in [1.807, 2.05) is 18.2 Å². The highest BCUT2D eigenvalue weighted by atomic mass is 35.5. The standard InChI is InChI=1S/C17H19ClFN/c1-12(2)15(13-6-4-3-5-7-13)11-20-17-10-14(18)8-9-16(17)19/h3-10,12,15,20H,11H2,1-2H3. The van der Waals surface area contributed by atoms with Crippen molar-refractivity contribution < 1.29 is 4.39 Å². The van der Waals surface area contributed by atoms with Gasteiger partial charge in [0.05, 0.1) is 5.69 Å². The Morgan fingerprint density at radius 3 is 2.45 bits per heavy atom. The fourth-order valence-electron chi connectivity index (χ4n) is 2.29. The molecule has 0 saturated carbocycles. The zero-order valence-electron chi connectivity index (χ0n) is 11.7. The number of benzene rings is 2. The molecule has 0 heterocycles. The monoisotopic (exact) mass is 291 g/mol. The van der Waals surface area contributed by atoms with Gasteiger partial charge in [0.2, 0.25) is 0 Å². The van der Waals surface area contributed by atoms with Crippen molar-refractivity contribution in [3.05, 3.63) is 64.9 Å². The van der Waals surface area contributed by atoms with Crippen molar-refractivity contribution in [2.75, 3.05) is 11.9 Å². The third-order valence-electron chi connectivity index (χ3n) is 3.47. The Morgan fingerprint density at radius 1 is 1.10 bits per heavy atom.